The van der Waals surface area contributed by atoms with Crippen molar-refractivity contribution in [3.8, 4) is 0 Å². The molecule has 0 saturated heterocycles. The maximum Gasteiger partial charge on any atom is 0.416 e. The maximum absolute atomic E-state index is 12.8. The number of aryl methyl sites for hydroxylation is 1. The number of nitrogens with zero attached hydrogens (tertiary/aromatic N) is 1. The van der Waals surface area contributed by atoms with Crippen LogP contribution in [0.1, 0.15) is 58.7 Å². The summed E-state index contributed by atoms with van der Waals surface area (Å²) in [5, 5.41) is 6.53. The lowest BCUT2D eigenvalue weighted by Crippen LogP contribution is -2.28. The molecule has 0 unspecified atom stereocenters. The Hall–Kier alpha value is -2.31. The van der Waals surface area contributed by atoms with Gasteiger partial charge in [-0.1, -0.05) is 17.3 Å². The number of alkyl halides is 3. The quantitative estimate of drug-likeness (QED) is 0.918. The fourth-order valence-corrected chi connectivity index (χ4v) is 2.90. The van der Waals surface area contributed by atoms with Crippen molar-refractivity contribution in [2.75, 3.05) is 0 Å². The van der Waals surface area contributed by atoms with E-state index in [4.69, 9.17) is 4.52 Å². The molecule has 0 radical (unpaired) electrons. The number of hydrogen-bond donors (Lipinski definition) is 1. The van der Waals surface area contributed by atoms with Gasteiger partial charge in [-0.15, -0.1) is 0 Å². The number of fused-ring (bicyclic) bond motifs is 1. The first kappa shape index (κ1) is 16.5. The van der Waals surface area contributed by atoms with Crippen LogP contribution in [-0.4, -0.2) is 11.1 Å². The molecule has 1 heterocycles. The summed E-state index contributed by atoms with van der Waals surface area (Å²) in [6.45, 7) is 1.64. The van der Waals surface area contributed by atoms with E-state index in [2.05, 4.69) is 10.5 Å². The molecular formula is C17H17F3N2O2. The SMILES string of the molecule is C[C@@H](NC(=O)c1noc2c1CCCC2)c1cccc(C(F)(F)F)c1. The van der Waals surface area contributed by atoms with Gasteiger partial charge in [0.25, 0.3) is 5.91 Å². The van der Waals surface area contributed by atoms with E-state index in [9.17, 15) is 18.0 Å². The summed E-state index contributed by atoms with van der Waals surface area (Å²) in [4.78, 5) is 12.4. The van der Waals surface area contributed by atoms with Gasteiger partial charge in [0.1, 0.15) is 5.76 Å². The van der Waals surface area contributed by atoms with Gasteiger partial charge >= 0.3 is 6.18 Å². The highest BCUT2D eigenvalue weighted by molar-refractivity contribution is 5.94. The molecule has 24 heavy (non-hydrogen) atoms. The molecule has 1 aliphatic carbocycles. The number of hydrogen-bond acceptors (Lipinski definition) is 3. The molecular weight excluding hydrogens is 321 g/mol. The molecule has 1 atom stereocenters. The van der Waals surface area contributed by atoms with E-state index in [-0.39, 0.29) is 5.69 Å². The summed E-state index contributed by atoms with van der Waals surface area (Å²) in [6, 6.07) is 4.36. The fraction of sp³-hybridized carbons (Fsp3) is 0.412. The van der Waals surface area contributed by atoms with Crippen LogP contribution >= 0.6 is 0 Å². The summed E-state index contributed by atoms with van der Waals surface area (Å²) in [7, 11) is 0. The van der Waals surface area contributed by atoms with Gasteiger partial charge in [-0.05, 0) is 43.9 Å². The predicted octanol–water partition coefficient (Wildman–Crippen LogP) is 4.06. The van der Waals surface area contributed by atoms with Crippen LogP contribution in [0, 0.1) is 0 Å². The van der Waals surface area contributed by atoms with Crippen molar-refractivity contribution in [2.45, 2.75) is 44.8 Å². The number of halogens is 3. The average molecular weight is 338 g/mol. The van der Waals surface area contributed by atoms with Gasteiger partial charge in [-0.2, -0.15) is 13.2 Å². The number of carbonyl (C=O) groups is 1. The fourth-order valence-electron chi connectivity index (χ4n) is 2.90. The molecule has 1 aromatic heterocycles. The van der Waals surface area contributed by atoms with Crippen molar-refractivity contribution in [1.29, 1.82) is 0 Å². The molecule has 0 saturated carbocycles. The second-order valence-electron chi connectivity index (χ2n) is 5.96. The Kier molecular flexibility index (Phi) is 4.34. The molecule has 3 rings (SSSR count). The lowest BCUT2D eigenvalue weighted by atomic mass is 9.96. The zero-order valence-corrected chi connectivity index (χ0v) is 13.1. The van der Waals surface area contributed by atoms with E-state index in [0.717, 1.165) is 49.1 Å². The summed E-state index contributed by atoms with van der Waals surface area (Å²) in [5.41, 5.74) is 0.703. The number of nitrogens with one attached hydrogen (secondary N) is 1. The third-order valence-electron chi connectivity index (χ3n) is 4.23. The Morgan fingerprint density at radius 2 is 2.04 bits per heavy atom. The second-order valence-corrected chi connectivity index (χ2v) is 5.96. The Bertz CT molecular complexity index is 753. The Morgan fingerprint density at radius 3 is 2.79 bits per heavy atom. The number of amides is 1. The largest absolute Gasteiger partial charge is 0.416 e. The van der Waals surface area contributed by atoms with Crippen LogP contribution in [0.3, 0.4) is 0 Å². The summed E-state index contributed by atoms with van der Waals surface area (Å²) >= 11 is 0. The minimum atomic E-state index is -4.41. The molecule has 0 bridgehead atoms. The normalized spacial score (nSPS) is 15.7. The van der Waals surface area contributed by atoms with Gasteiger partial charge in [0.2, 0.25) is 0 Å². The van der Waals surface area contributed by atoms with E-state index < -0.39 is 23.7 Å². The second kappa shape index (κ2) is 6.30. The molecule has 0 fully saturated rings. The van der Waals surface area contributed by atoms with E-state index in [1.54, 1.807) is 13.0 Å². The number of rotatable bonds is 3. The van der Waals surface area contributed by atoms with Crippen LogP contribution < -0.4 is 5.32 Å². The zero-order valence-electron chi connectivity index (χ0n) is 13.1. The molecule has 4 nitrogen and oxygen atoms in total. The molecule has 0 aliphatic heterocycles. The predicted molar refractivity (Wildman–Crippen MR) is 80.5 cm³/mol. The highest BCUT2D eigenvalue weighted by atomic mass is 19.4. The van der Waals surface area contributed by atoms with Crippen LogP contribution in [0.15, 0.2) is 28.8 Å². The smallest absolute Gasteiger partial charge is 0.360 e. The van der Waals surface area contributed by atoms with Crippen molar-refractivity contribution in [1.82, 2.24) is 10.5 Å². The van der Waals surface area contributed by atoms with Crippen LogP contribution in [-0.2, 0) is 19.0 Å². The standard InChI is InChI=1S/C17H17F3N2O2/c1-10(11-5-4-6-12(9-11)17(18,19)20)21-16(23)15-13-7-2-3-8-14(13)24-22-15/h4-6,9-10H,2-3,7-8H2,1H3,(H,21,23)/t10-/m1/s1. The molecule has 128 valence electrons. The van der Waals surface area contributed by atoms with E-state index in [0.29, 0.717) is 5.56 Å². The highest BCUT2D eigenvalue weighted by Crippen LogP contribution is 2.31. The van der Waals surface area contributed by atoms with Gasteiger partial charge in [0.15, 0.2) is 5.69 Å². The Balaban J connectivity index is 1.76. The molecule has 2 aromatic rings. The van der Waals surface area contributed by atoms with E-state index >= 15 is 0 Å². The third kappa shape index (κ3) is 3.29. The van der Waals surface area contributed by atoms with Crippen LogP contribution in [0.2, 0.25) is 0 Å². The maximum atomic E-state index is 12.8. The highest BCUT2D eigenvalue weighted by Gasteiger charge is 2.31. The topological polar surface area (TPSA) is 55.1 Å². The van der Waals surface area contributed by atoms with Gasteiger partial charge in [0.05, 0.1) is 11.6 Å². The molecule has 1 aliphatic rings. The number of benzene rings is 1. The van der Waals surface area contributed by atoms with Crippen molar-refractivity contribution in [3.63, 3.8) is 0 Å². The van der Waals surface area contributed by atoms with Crippen molar-refractivity contribution >= 4 is 5.91 Å². The zero-order chi connectivity index (χ0) is 17.3. The molecule has 1 N–H and O–H groups in total. The van der Waals surface area contributed by atoms with Crippen molar-refractivity contribution < 1.29 is 22.5 Å². The van der Waals surface area contributed by atoms with Gasteiger partial charge in [-0.25, -0.2) is 0 Å². The molecule has 1 aromatic carbocycles. The first-order valence-corrected chi connectivity index (χ1v) is 7.81. The van der Waals surface area contributed by atoms with E-state index in [1.165, 1.54) is 6.07 Å². The number of carbonyl (C=O) groups excluding carboxylic acids is 1. The first-order chi connectivity index (χ1) is 11.4. The number of aromatic nitrogens is 1. The molecule has 7 heteroatoms. The van der Waals surface area contributed by atoms with Gasteiger partial charge < -0.3 is 9.84 Å². The minimum absolute atomic E-state index is 0.239. The van der Waals surface area contributed by atoms with Crippen LogP contribution in [0.25, 0.3) is 0 Å². The molecule has 0 spiro atoms. The summed E-state index contributed by atoms with van der Waals surface area (Å²) in [5.74, 6) is 0.310. The van der Waals surface area contributed by atoms with Crippen LogP contribution in [0.4, 0.5) is 13.2 Å². The van der Waals surface area contributed by atoms with Gasteiger partial charge in [-0.3, -0.25) is 4.79 Å². The minimum Gasteiger partial charge on any atom is -0.360 e. The summed E-state index contributed by atoms with van der Waals surface area (Å²) < 4.78 is 43.6. The Labute approximate surface area is 137 Å². The van der Waals surface area contributed by atoms with E-state index in [1.807, 2.05) is 0 Å². The third-order valence-corrected chi connectivity index (χ3v) is 4.23. The van der Waals surface area contributed by atoms with Crippen molar-refractivity contribution in [2.24, 2.45) is 0 Å². The van der Waals surface area contributed by atoms with Crippen molar-refractivity contribution in [3.05, 3.63) is 52.4 Å². The van der Waals surface area contributed by atoms with Gasteiger partial charge in [0, 0.05) is 12.0 Å². The first-order valence-electron chi connectivity index (χ1n) is 7.81. The monoisotopic (exact) mass is 338 g/mol. The molecule has 1 amide bonds. The lowest BCUT2D eigenvalue weighted by Gasteiger charge is -2.16. The summed E-state index contributed by atoms with van der Waals surface area (Å²) in [6.07, 6.45) is -0.940. The lowest BCUT2D eigenvalue weighted by molar-refractivity contribution is -0.137. The van der Waals surface area contributed by atoms with Crippen LogP contribution in [0.5, 0.6) is 0 Å². The average Bonchev–Trinajstić information content (AvgIpc) is 2.98. The Morgan fingerprint density at radius 1 is 1.29 bits per heavy atom.